The van der Waals surface area contributed by atoms with Crippen LogP contribution in [0.4, 0.5) is 10.5 Å². The van der Waals surface area contributed by atoms with Gasteiger partial charge < -0.3 is 15.0 Å². The van der Waals surface area contributed by atoms with Crippen LogP contribution < -0.4 is 5.32 Å². The van der Waals surface area contributed by atoms with E-state index in [9.17, 15) is 9.59 Å². The summed E-state index contributed by atoms with van der Waals surface area (Å²) in [5.74, 6) is -0.318. The molecule has 1 fully saturated rings. The fourth-order valence-electron chi connectivity index (χ4n) is 2.40. The highest BCUT2D eigenvalue weighted by atomic mass is 35.5. The van der Waals surface area contributed by atoms with Crippen molar-refractivity contribution in [1.82, 2.24) is 4.90 Å². The summed E-state index contributed by atoms with van der Waals surface area (Å²) in [7, 11) is 1.35. The molecule has 1 aromatic rings. The van der Waals surface area contributed by atoms with Gasteiger partial charge in [0.2, 0.25) is 5.91 Å². The van der Waals surface area contributed by atoms with Gasteiger partial charge in [-0.05, 0) is 37.5 Å². The molecular formula is C15H19ClN2O3. The van der Waals surface area contributed by atoms with Crippen LogP contribution in [0, 0.1) is 12.8 Å². The molecular weight excluding hydrogens is 292 g/mol. The normalized spacial score (nSPS) is 18.2. The number of carbonyl (C=O) groups is 2. The number of hydrogen-bond donors (Lipinski definition) is 1. The molecule has 1 aliphatic heterocycles. The Labute approximate surface area is 129 Å². The average Bonchev–Trinajstić information content (AvgIpc) is 2.50. The molecule has 6 heteroatoms. The number of nitrogens with one attached hydrogen (secondary N) is 1. The molecule has 2 rings (SSSR count). The van der Waals surface area contributed by atoms with Crippen molar-refractivity contribution in [1.29, 1.82) is 0 Å². The van der Waals surface area contributed by atoms with Crippen molar-refractivity contribution in [2.45, 2.75) is 19.8 Å². The van der Waals surface area contributed by atoms with Gasteiger partial charge in [-0.25, -0.2) is 4.79 Å². The second-order valence-electron chi connectivity index (χ2n) is 5.21. The molecule has 0 saturated carbocycles. The Bertz CT molecular complexity index is 548. The molecule has 1 heterocycles. The van der Waals surface area contributed by atoms with Gasteiger partial charge in [-0.3, -0.25) is 4.79 Å². The first-order valence-corrected chi connectivity index (χ1v) is 7.29. The van der Waals surface area contributed by atoms with Crippen LogP contribution in [-0.2, 0) is 9.53 Å². The summed E-state index contributed by atoms with van der Waals surface area (Å²) < 4.78 is 4.70. The van der Waals surface area contributed by atoms with E-state index in [4.69, 9.17) is 16.3 Å². The van der Waals surface area contributed by atoms with Crippen LogP contribution >= 0.6 is 11.6 Å². The second-order valence-corrected chi connectivity index (χ2v) is 5.62. The van der Waals surface area contributed by atoms with Crippen molar-refractivity contribution in [2.75, 3.05) is 25.5 Å². The van der Waals surface area contributed by atoms with Crippen LogP contribution in [0.2, 0.25) is 5.02 Å². The number of halogens is 1. The van der Waals surface area contributed by atoms with Gasteiger partial charge >= 0.3 is 6.09 Å². The quantitative estimate of drug-likeness (QED) is 0.913. The molecule has 0 radical (unpaired) electrons. The lowest BCUT2D eigenvalue weighted by molar-refractivity contribution is -0.121. The molecule has 1 aliphatic rings. The summed E-state index contributed by atoms with van der Waals surface area (Å²) in [6.07, 6.45) is 1.17. The highest BCUT2D eigenvalue weighted by Crippen LogP contribution is 2.22. The first-order valence-electron chi connectivity index (χ1n) is 6.91. The van der Waals surface area contributed by atoms with E-state index in [-0.39, 0.29) is 17.9 Å². The zero-order valence-corrected chi connectivity index (χ0v) is 12.9. The first kappa shape index (κ1) is 15.6. The molecule has 1 unspecified atom stereocenters. The minimum atomic E-state index is -0.383. The van der Waals surface area contributed by atoms with Crippen molar-refractivity contribution >= 4 is 29.3 Å². The molecule has 5 nitrogen and oxygen atoms in total. The molecule has 2 amide bonds. The van der Waals surface area contributed by atoms with E-state index in [0.717, 1.165) is 18.4 Å². The molecule has 1 aromatic carbocycles. The van der Waals surface area contributed by atoms with Crippen LogP contribution in [-0.4, -0.2) is 37.1 Å². The number of piperidine rings is 1. The van der Waals surface area contributed by atoms with Gasteiger partial charge in [-0.2, -0.15) is 0 Å². The van der Waals surface area contributed by atoms with E-state index in [1.165, 1.54) is 7.11 Å². The van der Waals surface area contributed by atoms with E-state index in [1.807, 2.05) is 19.1 Å². The number of aryl methyl sites for hydroxylation is 1. The number of rotatable bonds is 2. The van der Waals surface area contributed by atoms with Crippen LogP contribution in [0.1, 0.15) is 18.4 Å². The van der Waals surface area contributed by atoms with Crippen molar-refractivity contribution < 1.29 is 14.3 Å². The first-order chi connectivity index (χ1) is 10.0. The second kappa shape index (κ2) is 6.80. The zero-order valence-electron chi connectivity index (χ0n) is 12.2. The van der Waals surface area contributed by atoms with E-state index >= 15 is 0 Å². The Morgan fingerprint density at radius 1 is 1.43 bits per heavy atom. The van der Waals surface area contributed by atoms with Gasteiger partial charge in [0.05, 0.1) is 13.0 Å². The maximum Gasteiger partial charge on any atom is 0.409 e. The van der Waals surface area contributed by atoms with Crippen LogP contribution in [0.5, 0.6) is 0 Å². The number of anilines is 1. The van der Waals surface area contributed by atoms with E-state index in [1.54, 1.807) is 11.0 Å². The highest BCUT2D eigenvalue weighted by molar-refractivity contribution is 6.31. The monoisotopic (exact) mass is 310 g/mol. The summed E-state index contributed by atoms with van der Waals surface area (Å²) in [5.41, 5.74) is 1.63. The van der Waals surface area contributed by atoms with Gasteiger partial charge in [0.1, 0.15) is 0 Å². The molecule has 0 spiro atoms. The Morgan fingerprint density at radius 3 is 2.86 bits per heavy atom. The zero-order chi connectivity index (χ0) is 15.4. The molecule has 0 aliphatic carbocycles. The van der Waals surface area contributed by atoms with Gasteiger partial charge in [0.15, 0.2) is 0 Å². The molecule has 114 valence electrons. The molecule has 0 aromatic heterocycles. The molecule has 0 bridgehead atoms. The number of carbonyl (C=O) groups excluding carboxylic acids is 2. The summed E-state index contributed by atoms with van der Waals surface area (Å²) >= 11 is 6.05. The number of benzene rings is 1. The smallest absolute Gasteiger partial charge is 0.409 e. The van der Waals surface area contributed by atoms with Gasteiger partial charge in [-0.15, -0.1) is 0 Å². The lowest BCUT2D eigenvalue weighted by Crippen LogP contribution is -2.43. The topological polar surface area (TPSA) is 58.6 Å². The van der Waals surface area contributed by atoms with Gasteiger partial charge in [-0.1, -0.05) is 17.7 Å². The predicted molar refractivity (Wildman–Crippen MR) is 81.5 cm³/mol. The van der Waals surface area contributed by atoms with Crippen LogP contribution in [0.15, 0.2) is 18.2 Å². The molecule has 1 saturated heterocycles. The van der Waals surface area contributed by atoms with E-state index in [2.05, 4.69) is 5.32 Å². The minimum absolute atomic E-state index is 0.0940. The average molecular weight is 311 g/mol. The molecule has 21 heavy (non-hydrogen) atoms. The minimum Gasteiger partial charge on any atom is -0.453 e. The number of likely N-dealkylation sites (tertiary alicyclic amines) is 1. The van der Waals surface area contributed by atoms with Crippen molar-refractivity contribution in [2.24, 2.45) is 5.92 Å². The number of amides is 2. The number of methoxy groups -OCH3 is 1. The lowest BCUT2D eigenvalue weighted by Gasteiger charge is -2.30. The van der Waals surface area contributed by atoms with Gasteiger partial charge in [0, 0.05) is 23.8 Å². The highest BCUT2D eigenvalue weighted by Gasteiger charge is 2.28. The number of nitrogens with zero attached hydrogens (tertiary/aromatic N) is 1. The van der Waals surface area contributed by atoms with Crippen molar-refractivity contribution in [3.8, 4) is 0 Å². The third kappa shape index (κ3) is 3.88. The van der Waals surface area contributed by atoms with E-state index < -0.39 is 0 Å². The summed E-state index contributed by atoms with van der Waals surface area (Å²) in [6, 6.07) is 5.41. The van der Waals surface area contributed by atoms with Crippen LogP contribution in [0.25, 0.3) is 0 Å². The maximum absolute atomic E-state index is 12.3. The summed E-state index contributed by atoms with van der Waals surface area (Å²) in [5, 5.41) is 3.47. The number of hydrogen-bond acceptors (Lipinski definition) is 3. The third-order valence-electron chi connectivity index (χ3n) is 3.66. The fourth-order valence-corrected chi connectivity index (χ4v) is 2.58. The fraction of sp³-hybridized carbons (Fsp3) is 0.467. The number of ether oxygens (including phenoxy) is 1. The van der Waals surface area contributed by atoms with Crippen molar-refractivity contribution in [3.63, 3.8) is 0 Å². The Morgan fingerprint density at radius 2 is 2.19 bits per heavy atom. The summed E-state index contributed by atoms with van der Waals surface area (Å²) in [6.45, 7) is 2.92. The predicted octanol–water partition coefficient (Wildman–Crippen LogP) is 3.07. The largest absolute Gasteiger partial charge is 0.453 e. The standard InChI is InChI=1S/C15H19ClN2O3/c1-10-5-6-12(8-13(10)16)17-14(19)11-4-3-7-18(9-11)15(20)21-2/h5-6,8,11H,3-4,7,9H2,1-2H3,(H,17,19). The van der Waals surface area contributed by atoms with Crippen LogP contribution in [0.3, 0.4) is 0 Å². The van der Waals surface area contributed by atoms with Gasteiger partial charge in [0.25, 0.3) is 0 Å². The lowest BCUT2D eigenvalue weighted by atomic mass is 9.97. The third-order valence-corrected chi connectivity index (χ3v) is 4.07. The summed E-state index contributed by atoms with van der Waals surface area (Å²) in [4.78, 5) is 25.4. The molecule has 1 atom stereocenters. The molecule has 1 N–H and O–H groups in total. The Balaban J connectivity index is 1.99. The maximum atomic E-state index is 12.3. The Kier molecular flexibility index (Phi) is 5.07. The SMILES string of the molecule is COC(=O)N1CCCC(C(=O)Nc2ccc(C)c(Cl)c2)C1. The van der Waals surface area contributed by atoms with E-state index in [0.29, 0.717) is 23.8 Å². The van der Waals surface area contributed by atoms with Crippen molar-refractivity contribution in [3.05, 3.63) is 28.8 Å². The Hall–Kier alpha value is -1.75.